The average molecular weight is 472 g/mol. The predicted molar refractivity (Wildman–Crippen MR) is 114 cm³/mol. The minimum atomic E-state index is -1.86. The van der Waals surface area contributed by atoms with E-state index >= 15 is 0 Å². The summed E-state index contributed by atoms with van der Waals surface area (Å²) in [5.74, 6) is -0.481. The zero-order valence-corrected chi connectivity index (χ0v) is 17.5. The van der Waals surface area contributed by atoms with Crippen molar-refractivity contribution in [2.75, 3.05) is 5.32 Å². The Balaban J connectivity index is 2.06. The SMILES string of the molecule is O=C(NC(NC(=S)Nc1ccc(Cl)cc1)C(Cl)(Cl)Cl)c1cccc(Cl)c1. The van der Waals surface area contributed by atoms with Gasteiger partial charge in [-0.25, -0.2) is 0 Å². The Kier molecular flexibility index (Phi) is 7.64. The first kappa shape index (κ1) is 21.4. The van der Waals surface area contributed by atoms with E-state index in [1.165, 1.54) is 6.07 Å². The Bertz CT molecular complexity index is 795. The van der Waals surface area contributed by atoms with Crippen molar-refractivity contribution in [1.82, 2.24) is 10.6 Å². The van der Waals surface area contributed by atoms with Gasteiger partial charge in [-0.3, -0.25) is 4.79 Å². The molecule has 0 saturated heterocycles. The smallest absolute Gasteiger partial charge is 0.253 e. The van der Waals surface area contributed by atoms with E-state index in [2.05, 4.69) is 16.0 Å². The maximum atomic E-state index is 12.4. The molecule has 2 aromatic rings. The van der Waals surface area contributed by atoms with E-state index in [1.54, 1.807) is 42.5 Å². The molecule has 1 unspecified atom stereocenters. The maximum Gasteiger partial charge on any atom is 0.253 e. The molecule has 0 heterocycles. The molecule has 0 aliphatic heterocycles. The Hall–Kier alpha value is -0.950. The van der Waals surface area contributed by atoms with Gasteiger partial charge >= 0.3 is 0 Å². The lowest BCUT2D eigenvalue weighted by Crippen LogP contribution is -2.56. The van der Waals surface area contributed by atoms with Crippen LogP contribution in [0.5, 0.6) is 0 Å². The Morgan fingerprint density at radius 2 is 1.62 bits per heavy atom. The highest BCUT2D eigenvalue weighted by atomic mass is 35.6. The van der Waals surface area contributed by atoms with Crippen LogP contribution in [0.4, 0.5) is 5.69 Å². The van der Waals surface area contributed by atoms with Crippen LogP contribution in [-0.4, -0.2) is 21.0 Å². The third kappa shape index (κ3) is 6.65. The standard InChI is InChI=1S/C16H12Cl5N3OS/c17-10-4-6-12(7-5-10)22-15(26)24-14(16(19,20)21)23-13(25)9-2-1-3-11(18)8-9/h1-8,14H,(H,23,25)(H2,22,24,26). The number of thiocarbonyl (C=S) groups is 1. The number of hydrogen-bond donors (Lipinski definition) is 3. The third-order valence-electron chi connectivity index (χ3n) is 3.07. The number of benzene rings is 2. The fraction of sp³-hybridized carbons (Fsp3) is 0.125. The summed E-state index contributed by atoms with van der Waals surface area (Å²) in [7, 11) is 0. The molecule has 0 radical (unpaired) electrons. The van der Waals surface area contributed by atoms with Crippen LogP contribution >= 0.6 is 70.2 Å². The molecule has 0 spiro atoms. The number of hydrogen-bond acceptors (Lipinski definition) is 2. The second kappa shape index (κ2) is 9.31. The van der Waals surface area contributed by atoms with Crippen molar-refractivity contribution >= 4 is 86.9 Å². The summed E-state index contributed by atoms with van der Waals surface area (Å²) < 4.78 is -1.86. The number of carbonyl (C=O) groups excluding carboxylic acids is 1. The van der Waals surface area contributed by atoms with Gasteiger partial charge < -0.3 is 16.0 Å². The number of amides is 1. The van der Waals surface area contributed by atoms with Gasteiger partial charge in [-0.05, 0) is 54.7 Å². The molecule has 0 aliphatic carbocycles. The first-order valence-electron chi connectivity index (χ1n) is 7.11. The Morgan fingerprint density at radius 3 is 2.19 bits per heavy atom. The zero-order valence-electron chi connectivity index (χ0n) is 12.9. The average Bonchev–Trinajstić information content (AvgIpc) is 2.55. The predicted octanol–water partition coefficient (Wildman–Crippen LogP) is 5.41. The summed E-state index contributed by atoms with van der Waals surface area (Å²) in [6.45, 7) is 0. The minimum Gasteiger partial charge on any atom is -0.339 e. The molecule has 138 valence electrons. The van der Waals surface area contributed by atoms with E-state index in [9.17, 15) is 4.79 Å². The summed E-state index contributed by atoms with van der Waals surface area (Å²) in [5.41, 5.74) is 0.992. The van der Waals surface area contributed by atoms with Crippen molar-refractivity contribution in [3.63, 3.8) is 0 Å². The quantitative estimate of drug-likeness (QED) is 0.317. The highest BCUT2D eigenvalue weighted by Crippen LogP contribution is 2.29. The largest absolute Gasteiger partial charge is 0.339 e. The van der Waals surface area contributed by atoms with E-state index < -0.39 is 15.9 Å². The van der Waals surface area contributed by atoms with Crippen molar-refractivity contribution in [3.05, 3.63) is 64.1 Å². The molecule has 4 nitrogen and oxygen atoms in total. The molecule has 1 amide bonds. The van der Waals surface area contributed by atoms with Crippen LogP contribution in [0.2, 0.25) is 10.0 Å². The molecule has 26 heavy (non-hydrogen) atoms. The summed E-state index contributed by atoms with van der Waals surface area (Å²) in [6, 6.07) is 13.2. The number of anilines is 1. The molecule has 0 aliphatic rings. The van der Waals surface area contributed by atoms with Crippen LogP contribution in [0, 0.1) is 0 Å². The van der Waals surface area contributed by atoms with E-state index in [0.29, 0.717) is 21.3 Å². The molecule has 0 saturated carbocycles. The lowest BCUT2D eigenvalue weighted by molar-refractivity contribution is 0.0934. The van der Waals surface area contributed by atoms with Gasteiger partial charge in [-0.15, -0.1) is 0 Å². The van der Waals surface area contributed by atoms with Crippen LogP contribution in [0.25, 0.3) is 0 Å². The fourth-order valence-corrected chi connectivity index (χ4v) is 2.75. The zero-order chi connectivity index (χ0) is 19.3. The summed E-state index contributed by atoms with van der Waals surface area (Å²) in [5, 5.41) is 9.39. The first-order chi connectivity index (χ1) is 12.1. The highest BCUT2D eigenvalue weighted by molar-refractivity contribution is 7.80. The fourth-order valence-electron chi connectivity index (χ4n) is 1.88. The Labute approximate surface area is 181 Å². The topological polar surface area (TPSA) is 53.2 Å². The number of alkyl halides is 3. The lowest BCUT2D eigenvalue weighted by atomic mass is 10.2. The van der Waals surface area contributed by atoms with Gasteiger partial charge in [0.25, 0.3) is 5.91 Å². The monoisotopic (exact) mass is 469 g/mol. The number of rotatable bonds is 4. The van der Waals surface area contributed by atoms with Crippen LogP contribution in [0.3, 0.4) is 0 Å². The van der Waals surface area contributed by atoms with E-state index in [0.717, 1.165) is 0 Å². The molecular weight excluding hydrogens is 460 g/mol. The normalized spacial score (nSPS) is 12.2. The van der Waals surface area contributed by atoms with Crippen molar-refractivity contribution in [3.8, 4) is 0 Å². The third-order valence-corrected chi connectivity index (χ3v) is 4.43. The van der Waals surface area contributed by atoms with Crippen molar-refractivity contribution in [1.29, 1.82) is 0 Å². The number of carbonyl (C=O) groups is 1. The molecule has 0 aromatic heterocycles. The molecule has 0 fully saturated rings. The van der Waals surface area contributed by atoms with Crippen LogP contribution in [0.1, 0.15) is 10.4 Å². The summed E-state index contributed by atoms with van der Waals surface area (Å²) >= 11 is 34.8. The van der Waals surface area contributed by atoms with Crippen molar-refractivity contribution < 1.29 is 4.79 Å². The number of halogens is 5. The van der Waals surface area contributed by atoms with Gasteiger partial charge in [-0.2, -0.15) is 0 Å². The number of nitrogens with one attached hydrogen (secondary N) is 3. The first-order valence-corrected chi connectivity index (χ1v) is 9.41. The van der Waals surface area contributed by atoms with E-state index in [1.807, 2.05) is 0 Å². The highest BCUT2D eigenvalue weighted by Gasteiger charge is 2.34. The van der Waals surface area contributed by atoms with Gasteiger partial charge in [0.15, 0.2) is 5.11 Å². The van der Waals surface area contributed by atoms with Gasteiger partial charge in [-0.1, -0.05) is 64.1 Å². The molecule has 3 N–H and O–H groups in total. The van der Waals surface area contributed by atoms with Gasteiger partial charge in [0.2, 0.25) is 3.79 Å². The second-order valence-electron chi connectivity index (χ2n) is 5.06. The second-order valence-corrected chi connectivity index (χ2v) is 8.71. The van der Waals surface area contributed by atoms with Gasteiger partial charge in [0.1, 0.15) is 6.17 Å². The Morgan fingerprint density at radius 1 is 0.962 bits per heavy atom. The van der Waals surface area contributed by atoms with Crippen LogP contribution in [0.15, 0.2) is 48.5 Å². The van der Waals surface area contributed by atoms with Crippen molar-refractivity contribution in [2.24, 2.45) is 0 Å². The lowest BCUT2D eigenvalue weighted by Gasteiger charge is -2.27. The van der Waals surface area contributed by atoms with Gasteiger partial charge in [0, 0.05) is 21.3 Å². The van der Waals surface area contributed by atoms with E-state index in [-0.39, 0.29) is 5.11 Å². The summed E-state index contributed by atoms with van der Waals surface area (Å²) in [6.07, 6.45) is -1.09. The molecule has 1 atom stereocenters. The van der Waals surface area contributed by atoms with Crippen LogP contribution < -0.4 is 16.0 Å². The molecule has 0 bridgehead atoms. The maximum absolute atomic E-state index is 12.4. The molecular formula is C16H12Cl5N3OS. The van der Waals surface area contributed by atoms with E-state index in [4.69, 9.17) is 70.2 Å². The molecule has 10 heteroatoms. The summed E-state index contributed by atoms with van der Waals surface area (Å²) in [4.78, 5) is 12.4. The molecule has 2 rings (SSSR count). The van der Waals surface area contributed by atoms with Crippen molar-refractivity contribution in [2.45, 2.75) is 9.96 Å². The van der Waals surface area contributed by atoms with Gasteiger partial charge in [0.05, 0.1) is 0 Å². The molecule has 2 aromatic carbocycles. The minimum absolute atomic E-state index is 0.148. The van der Waals surface area contributed by atoms with Crippen LogP contribution in [-0.2, 0) is 0 Å².